The first-order valence-electron chi connectivity index (χ1n) is 11.0. The van der Waals surface area contributed by atoms with Gasteiger partial charge >= 0.3 is 12.1 Å². The van der Waals surface area contributed by atoms with Crippen molar-refractivity contribution in [2.45, 2.75) is 50.9 Å². The summed E-state index contributed by atoms with van der Waals surface area (Å²) in [6.07, 6.45) is -2.51. The molecule has 3 aromatic heterocycles. The standard InChI is InChI=1S/C22H20ClF3N4O3S2/c1-2-33-21(32)15-10-5-3-6-12(10)35-20(15)28-19(31)17-16(23)18-27-11(13-7-4-8-34-13)9-14(22(24,25)26)30(18)29-17/h4,7-8,11,14,27H,2-3,5-6,9H2,1H3,(H,28,31). The number of ether oxygens (including phenoxy) is 1. The van der Waals surface area contributed by atoms with Gasteiger partial charge in [0.1, 0.15) is 15.8 Å². The van der Waals surface area contributed by atoms with Crippen molar-refractivity contribution < 1.29 is 27.5 Å². The zero-order chi connectivity index (χ0) is 24.9. The number of aromatic nitrogens is 2. The molecule has 0 saturated heterocycles. The molecule has 0 aromatic carbocycles. The minimum absolute atomic E-state index is 0.0666. The number of amides is 1. The summed E-state index contributed by atoms with van der Waals surface area (Å²) in [4.78, 5) is 27.4. The maximum Gasteiger partial charge on any atom is 0.410 e. The molecule has 2 atom stereocenters. The number of carbonyl (C=O) groups excluding carboxylic acids is 2. The van der Waals surface area contributed by atoms with E-state index < -0.39 is 30.1 Å². The first kappa shape index (κ1) is 24.1. The van der Waals surface area contributed by atoms with Gasteiger partial charge in [0, 0.05) is 16.2 Å². The highest BCUT2D eigenvalue weighted by Gasteiger charge is 2.48. The van der Waals surface area contributed by atoms with Crippen LogP contribution in [0.25, 0.3) is 0 Å². The Labute approximate surface area is 211 Å². The molecule has 5 rings (SSSR count). The van der Waals surface area contributed by atoms with Gasteiger partial charge in [0.05, 0.1) is 18.2 Å². The smallest absolute Gasteiger partial charge is 0.410 e. The van der Waals surface area contributed by atoms with Crippen molar-refractivity contribution in [1.82, 2.24) is 9.78 Å². The van der Waals surface area contributed by atoms with Crippen molar-refractivity contribution >= 4 is 57.0 Å². The van der Waals surface area contributed by atoms with E-state index >= 15 is 0 Å². The van der Waals surface area contributed by atoms with Gasteiger partial charge in [0.15, 0.2) is 11.7 Å². The third-order valence-electron chi connectivity index (χ3n) is 6.03. The Morgan fingerprint density at radius 3 is 2.86 bits per heavy atom. The first-order valence-corrected chi connectivity index (χ1v) is 13.0. The third kappa shape index (κ3) is 4.31. The van der Waals surface area contributed by atoms with Crippen LogP contribution in [-0.4, -0.2) is 34.4 Å². The predicted molar refractivity (Wildman–Crippen MR) is 128 cm³/mol. The number of esters is 1. The number of nitrogens with zero attached hydrogens (tertiary/aromatic N) is 2. The van der Waals surface area contributed by atoms with Crippen LogP contribution in [0.5, 0.6) is 0 Å². The maximum absolute atomic E-state index is 14.0. The zero-order valence-electron chi connectivity index (χ0n) is 18.4. The van der Waals surface area contributed by atoms with Crippen LogP contribution in [0.3, 0.4) is 0 Å². The van der Waals surface area contributed by atoms with Gasteiger partial charge in [-0.1, -0.05) is 17.7 Å². The number of aryl methyl sites for hydroxylation is 1. The molecule has 7 nitrogen and oxygen atoms in total. The van der Waals surface area contributed by atoms with Crippen LogP contribution in [0, 0.1) is 0 Å². The van der Waals surface area contributed by atoms with Crippen LogP contribution in [0.15, 0.2) is 17.5 Å². The number of carbonyl (C=O) groups is 2. The van der Waals surface area contributed by atoms with Gasteiger partial charge in [-0.15, -0.1) is 22.7 Å². The lowest BCUT2D eigenvalue weighted by Gasteiger charge is -2.32. The molecule has 1 aliphatic carbocycles. The van der Waals surface area contributed by atoms with Gasteiger partial charge in [-0.3, -0.25) is 4.79 Å². The van der Waals surface area contributed by atoms with Crippen molar-refractivity contribution in [1.29, 1.82) is 0 Å². The highest BCUT2D eigenvalue weighted by molar-refractivity contribution is 7.17. The van der Waals surface area contributed by atoms with E-state index in [0.29, 0.717) is 12.0 Å². The molecule has 0 spiro atoms. The third-order valence-corrected chi connectivity index (χ3v) is 8.58. The molecule has 1 amide bonds. The number of nitrogens with one attached hydrogen (secondary N) is 2. The minimum atomic E-state index is -4.60. The molecule has 13 heteroatoms. The number of rotatable bonds is 5. The van der Waals surface area contributed by atoms with Gasteiger partial charge in [-0.2, -0.15) is 18.3 Å². The average Bonchev–Trinajstić information content (AvgIpc) is 3.57. The van der Waals surface area contributed by atoms with Crippen LogP contribution in [-0.2, 0) is 17.6 Å². The Morgan fingerprint density at radius 2 is 2.17 bits per heavy atom. The van der Waals surface area contributed by atoms with Crippen LogP contribution >= 0.6 is 34.3 Å². The van der Waals surface area contributed by atoms with E-state index in [4.69, 9.17) is 16.3 Å². The fourth-order valence-corrected chi connectivity index (χ4v) is 6.81. The summed E-state index contributed by atoms with van der Waals surface area (Å²) in [5.41, 5.74) is 0.789. The molecule has 0 fully saturated rings. The molecular formula is C22H20ClF3N4O3S2. The Kier molecular flexibility index (Phi) is 6.30. The lowest BCUT2D eigenvalue weighted by Crippen LogP contribution is -2.35. The molecular weight excluding hydrogens is 525 g/mol. The van der Waals surface area contributed by atoms with E-state index in [-0.39, 0.29) is 34.6 Å². The zero-order valence-corrected chi connectivity index (χ0v) is 20.8. The van der Waals surface area contributed by atoms with E-state index in [0.717, 1.165) is 32.8 Å². The van der Waals surface area contributed by atoms with Crippen LogP contribution < -0.4 is 10.6 Å². The minimum Gasteiger partial charge on any atom is -0.462 e. The molecule has 3 aromatic rings. The van der Waals surface area contributed by atoms with E-state index in [1.165, 1.54) is 22.7 Å². The molecule has 1 aliphatic heterocycles. The normalized spacial score (nSPS) is 19.1. The van der Waals surface area contributed by atoms with Gasteiger partial charge in [0.25, 0.3) is 5.91 Å². The number of anilines is 2. The summed E-state index contributed by atoms with van der Waals surface area (Å²) < 4.78 is 47.8. The SMILES string of the molecule is CCOC(=O)c1c(NC(=O)c2nn3c(c2Cl)NC(c2cccs2)CC3C(F)(F)F)sc2c1CCC2. The van der Waals surface area contributed by atoms with E-state index in [1.54, 1.807) is 24.4 Å². The van der Waals surface area contributed by atoms with Crippen molar-refractivity contribution in [3.05, 3.63) is 49.1 Å². The van der Waals surface area contributed by atoms with Crippen LogP contribution in [0.4, 0.5) is 24.0 Å². The molecule has 0 bridgehead atoms. The highest BCUT2D eigenvalue weighted by atomic mass is 35.5. The van der Waals surface area contributed by atoms with Crippen LogP contribution in [0.1, 0.15) is 68.0 Å². The molecule has 4 heterocycles. The molecule has 2 N–H and O–H groups in total. The molecule has 35 heavy (non-hydrogen) atoms. The van der Waals surface area contributed by atoms with Gasteiger partial charge in [0.2, 0.25) is 0 Å². The van der Waals surface area contributed by atoms with Crippen molar-refractivity contribution in [3.8, 4) is 0 Å². The Morgan fingerprint density at radius 1 is 1.37 bits per heavy atom. The summed E-state index contributed by atoms with van der Waals surface area (Å²) in [5.74, 6) is -1.41. The summed E-state index contributed by atoms with van der Waals surface area (Å²) in [6.45, 7) is 1.86. The number of halogens is 4. The Hall–Kier alpha value is -2.57. The van der Waals surface area contributed by atoms with Crippen molar-refractivity contribution in [2.75, 3.05) is 17.2 Å². The lowest BCUT2D eigenvalue weighted by atomic mass is 10.0. The molecule has 186 valence electrons. The quantitative estimate of drug-likeness (QED) is 0.372. The summed E-state index contributed by atoms with van der Waals surface area (Å²) in [5, 5.41) is 11.5. The number of hydrogen-bond donors (Lipinski definition) is 2. The first-order chi connectivity index (χ1) is 16.7. The summed E-state index contributed by atoms with van der Waals surface area (Å²) >= 11 is 9.01. The monoisotopic (exact) mass is 544 g/mol. The number of hydrogen-bond acceptors (Lipinski definition) is 7. The second-order valence-electron chi connectivity index (χ2n) is 8.20. The van der Waals surface area contributed by atoms with Crippen molar-refractivity contribution in [3.63, 3.8) is 0 Å². The highest BCUT2D eigenvalue weighted by Crippen LogP contribution is 2.47. The van der Waals surface area contributed by atoms with Gasteiger partial charge in [-0.05, 0) is 43.2 Å². The average molecular weight is 545 g/mol. The number of thiophene rings is 2. The summed E-state index contributed by atoms with van der Waals surface area (Å²) in [6, 6.07) is 0.923. The Balaban J connectivity index is 1.49. The molecule has 2 unspecified atom stereocenters. The molecule has 0 saturated carbocycles. The second kappa shape index (κ2) is 9.14. The lowest BCUT2D eigenvalue weighted by molar-refractivity contribution is -0.173. The van der Waals surface area contributed by atoms with Gasteiger partial charge < -0.3 is 15.4 Å². The number of fused-ring (bicyclic) bond motifs is 2. The maximum atomic E-state index is 14.0. The van der Waals surface area contributed by atoms with E-state index in [1.807, 2.05) is 0 Å². The fourth-order valence-electron chi connectivity index (χ4n) is 4.48. The predicted octanol–water partition coefficient (Wildman–Crippen LogP) is 6.24. The number of alkyl halides is 3. The van der Waals surface area contributed by atoms with Gasteiger partial charge in [-0.25, -0.2) is 9.48 Å². The van der Waals surface area contributed by atoms with E-state index in [9.17, 15) is 22.8 Å². The van der Waals surface area contributed by atoms with Crippen molar-refractivity contribution in [2.24, 2.45) is 0 Å². The topological polar surface area (TPSA) is 85.2 Å². The largest absolute Gasteiger partial charge is 0.462 e. The van der Waals surface area contributed by atoms with Crippen LogP contribution in [0.2, 0.25) is 5.02 Å². The molecule has 2 aliphatic rings. The fraction of sp³-hybridized carbons (Fsp3) is 0.409. The Bertz CT molecular complexity index is 1290. The summed E-state index contributed by atoms with van der Waals surface area (Å²) in [7, 11) is 0. The second-order valence-corrected chi connectivity index (χ2v) is 10.7. The van der Waals surface area contributed by atoms with E-state index in [2.05, 4.69) is 15.7 Å². The molecule has 0 radical (unpaired) electrons.